The van der Waals surface area contributed by atoms with Gasteiger partial charge in [-0.25, -0.2) is 9.37 Å². The molecule has 0 aliphatic heterocycles. The van der Waals surface area contributed by atoms with Gasteiger partial charge in [0, 0.05) is 30.2 Å². The van der Waals surface area contributed by atoms with Crippen LogP contribution in [0.5, 0.6) is 0 Å². The third-order valence-electron chi connectivity index (χ3n) is 7.03. The first kappa shape index (κ1) is 27.6. The number of fused-ring (bicyclic) bond motifs is 1. The predicted octanol–water partition coefficient (Wildman–Crippen LogP) is 5.86. The molecule has 38 heavy (non-hydrogen) atoms. The van der Waals surface area contributed by atoms with Crippen LogP contribution in [0, 0.1) is 5.92 Å². The molecule has 6 nitrogen and oxygen atoms in total. The highest BCUT2D eigenvalue weighted by atomic mass is 19.4. The zero-order valence-electron chi connectivity index (χ0n) is 21.2. The second kappa shape index (κ2) is 12.0. The van der Waals surface area contributed by atoms with E-state index in [-0.39, 0.29) is 36.8 Å². The van der Waals surface area contributed by atoms with Gasteiger partial charge in [-0.1, -0.05) is 12.1 Å². The van der Waals surface area contributed by atoms with Crippen LogP contribution in [0.25, 0.3) is 11.0 Å². The number of nitrogens with one attached hydrogen (secondary N) is 1. The first-order valence-corrected chi connectivity index (χ1v) is 12.8. The molecule has 1 N–H and O–H groups in total. The zero-order chi connectivity index (χ0) is 27.3. The van der Waals surface area contributed by atoms with Gasteiger partial charge in [0.25, 0.3) is 5.91 Å². The molecule has 1 aliphatic rings. The standard InChI is InChI=1S/C28H31F4N3O3/c1-2-38-24(36)16-19-5-9-22(10-6-19)34-27(37)23-17-35(14-12-29)26-25(23)20(11-13-33-26)15-18-3-7-21(8-4-18)28(30,31)32/h3-4,7-8,11,13,17,19,22H,2,5-6,9-10,12,14-16H2,1H3,(H,34,37)/t19-,22-. The van der Waals surface area contributed by atoms with Gasteiger partial charge >= 0.3 is 12.1 Å². The maximum absolute atomic E-state index is 13.4. The molecule has 0 bridgehead atoms. The minimum Gasteiger partial charge on any atom is -0.466 e. The molecule has 1 aliphatic carbocycles. The summed E-state index contributed by atoms with van der Waals surface area (Å²) in [4.78, 5) is 29.6. The van der Waals surface area contributed by atoms with Crippen LogP contribution in [0.2, 0.25) is 0 Å². The fourth-order valence-corrected chi connectivity index (χ4v) is 5.12. The van der Waals surface area contributed by atoms with E-state index in [1.165, 1.54) is 12.1 Å². The summed E-state index contributed by atoms with van der Waals surface area (Å²) < 4.78 is 58.8. The van der Waals surface area contributed by atoms with Crippen molar-refractivity contribution in [2.75, 3.05) is 13.3 Å². The van der Waals surface area contributed by atoms with Crippen molar-refractivity contribution in [3.05, 3.63) is 65.0 Å². The summed E-state index contributed by atoms with van der Waals surface area (Å²) in [6.45, 7) is 1.52. The molecule has 2 aromatic heterocycles. The van der Waals surface area contributed by atoms with E-state index >= 15 is 0 Å². The van der Waals surface area contributed by atoms with Crippen molar-refractivity contribution in [2.45, 2.75) is 64.2 Å². The van der Waals surface area contributed by atoms with E-state index in [9.17, 15) is 27.2 Å². The summed E-state index contributed by atoms with van der Waals surface area (Å²) in [5.74, 6) is -0.273. The fourth-order valence-electron chi connectivity index (χ4n) is 5.12. The third kappa shape index (κ3) is 6.52. The Morgan fingerprint density at radius 3 is 2.45 bits per heavy atom. The average Bonchev–Trinajstić information content (AvgIpc) is 3.25. The third-order valence-corrected chi connectivity index (χ3v) is 7.03. The maximum atomic E-state index is 13.4. The topological polar surface area (TPSA) is 73.2 Å². The van der Waals surface area contributed by atoms with E-state index in [0.717, 1.165) is 43.4 Å². The van der Waals surface area contributed by atoms with Gasteiger partial charge in [-0.15, -0.1) is 0 Å². The molecule has 1 fully saturated rings. The Morgan fingerprint density at radius 2 is 1.82 bits per heavy atom. The molecule has 0 saturated heterocycles. The predicted molar refractivity (Wildman–Crippen MR) is 134 cm³/mol. The second-order valence-corrected chi connectivity index (χ2v) is 9.67. The minimum atomic E-state index is -4.42. The molecule has 1 aromatic carbocycles. The number of hydrogen-bond donors (Lipinski definition) is 1. The van der Waals surface area contributed by atoms with Gasteiger partial charge in [-0.2, -0.15) is 13.2 Å². The highest BCUT2D eigenvalue weighted by Gasteiger charge is 2.30. The Hall–Kier alpha value is -3.43. The zero-order valence-corrected chi connectivity index (χ0v) is 21.2. The van der Waals surface area contributed by atoms with Crippen LogP contribution in [0.4, 0.5) is 17.6 Å². The summed E-state index contributed by atoms with van der Waals surface area (Å²) in [6, 6.07) is 6.58. The van der Waals surface area contributed by atoms with Gasteiger partial charge in [0.15, 0.2) is 0 Å². The fraction of sp³-hybridized carbons (Fsp3) is 0.464. The number of esters is 1. The second-order valence-electron chi connectivity index (χ2n) is 9.67. The molecular weight excluding hydrogens is 502 g/mol. The summed E-state index contributed by atoms with van der Waals surface area (Å²) in [5, 5.41) is 3.65. The van der Waals surface area contributed by atoms with Gasteiger partial charge < -0.3 is 14.6 Å². The molecular formula is C28H31F4N3O3. The molecule has 10 heteroatoms. The van der Waals surface area contributed by atoms with Crippen molar-refractivity contribution < 1.29 is 31.9 Å². The van der Waals surface area contributed by atoms with Gasteiger partial charge in [-0.3, -0.25) is 9.59 Å². The van der Waals surface area contributed by atoms with E-state index in [1.54, 1.807) is 30.0 Å². The number of rotatable bonds is 9. The molecule has 1 amide bonds. The first-order chi connectivity index (χ1) is 18.2. The molecule has 2 heterocycles. The van der Waals surface area contributed by atoms with Crippen molar-refractivity contribution in [3.8, 4) is 0 Å². The Balaban J connectivity index is 1.53. The van der Waals surface area contributed by atoms with Crippen molar-refractivity contribution in [1.82, 2.24) is 14.9 Å². The largest absolute Gasteiger partial charge is 0.466 e. The molecule has 0 spiro atoms. The van der Waals surface area contributed by atoms with Crippen LogP contribution in [0.1, 0.15) is 66.1 Å². The first-order valence-electron chi connectivity index (χ1n) is 12.8. The average molecular weight is 534 g/mol. The summed E-state index contributed by atoms with van der Waals surface area (Å²) in [6.07, 6.45) is 2.46. The molecule has 0 unspecified atom stereocenters. The lowest BCUT2D eigenvalue weighted by molar-refractivity contribution is -0.144. The van der Waals surface area contributed by atoms with Crippen molar-refractivity contribution in [3.63, 3.8) is 0 Å². The van der Waals surface area contributed by atoms with Crippen LogP contribution in [-0.4, -0.2) is 40.8 Å². The van der Waals surface area contributed by atoms with E-state index in [2.05, 4.69) is 10.3 Å². The van der Waals surface area contributed by atoms with Gasteiger partial charge in [0.2, 0.25) is 0 Å². The molecule has 4 rings (SSSR count). The number of halogens is 4. The number of ether oxygens (including phenoxy) is 1. The Bertz CT molecular complexity index is 1260. The number of aryl methyl sites for hydroxylation is 1. The lowest BCUT2D eigenvalue weighted by Crippen LogP contribution is -2.38. The highest BCUT2D eigenvalue weighted by Crippen LogP contribution is 2.31. The van der Waals surface area contributed by atoms with E-state index < -0.39 is 18.4 Å². The summed E-state index contributed by atoms with van der Waals surface area (Å²) in [7, 11) is 0. The molecule has 0 atom stereocenters. The van der Waals surface area contributed by atoms with Gasteiger partial charge in [0.1, 0.15) is 12.3 Å². The normalized spacial score (nSPS) is 17.9. The quantitative estimate of drug-likeness (QED) is 0.276. The minimum absolute atomic E-state index is 0.0273. The smallest absolute Gasteiger partial charge is 0.416 e. The summed E-state index contributed by atoms with van der Waals surface area (Å²) in [5.41, 5.74) is 1.45. The lowest BCUT2D eigenvalue weighted by Gasteiger charge is -2.28. The van der Waals surface area contributed by atoms with Crippen LogP contribution < -0.4 is 5.32 Å². The number of nitrogens with zero attached hydrogens (tertiary/aromatic N) is 2. The maximum Gasteiger partial charge on any atom is 0.416 e. The molecule has 3 aromatic rings. The molecule has 0 radical (unpaired) electrons. The van der Waals surface area contributed by atoms with Crippen LogP contribution >= 0.6 is 0 Å². The number of carbonyl (C=O) groups is 2. The van der Waals surface area contributed by atoms with Gasteiger partial charge in [-0.05, 0) is 74.3 Å². The van der Waals surface area contributed by atoms with Crippen LogP contribution in [0.15, 0.2) is 42.7 Å². The van der Waals surface area contributed by atoms with Crippen molar-refractivity contribution in [2.24, 2.45) is 5.92 Å². The number of amides is 1. The molecule has 204 valence electrons. The van der Waals surface area contributed by atoms with Crippen molar-refractivity contribution >= 4 is 22.9 Å². The SMILES string of the molecule is CCOC(=O)C[C@H]1CC[C@H](NC(=O)c2cn(CCF)c3nccc(Cc4ccc(C(F)(F)F)cc4)c23)CC1. The Kier molecular flexibility index (Phi) is 8.69. The van der Waals surface area contributed by atoms with Crippen molar-refractivity contribution in [1.29, 1.82) is 0 Å². The lowest BCUT2D eigenvalue weighted by atomic mass is 9.84. The van der Waals surface area contributed by atoms with E-state index in [0.29, 0.717) is 35.2 Å². The highest BCUT2D eigenvalue weighted by molar-refractivity contribution is 6.07. The van der Waals surface area contributed by atoms with Crippen LogP contribution in [-0.2, 0) is 28.7 Å². The van der Waals surface area contributed by atoms with E-state index in [1.807, 2.05) is 0 Å². The monoisotopic (exact) mass is 533 g/mol. The van der Waals surface area contributed by atoms with Gasteiger partial charge in [0.05, 0.1) is 24.3 Å². The number of alkyl halides is 4. The number of carbonyl (C=O) groups excluding carboxylic acids is 2. The number of aromatic nitrogens is 2. The van der Waals surface area contributed by atoms with Crippen LogP contribution in [0.3, 0.4) is 0 Å². The number of pyridine rings is 1. The Labute approximate surface area is 218 Å². The number of hydrogen-bond acceptors (Lipinski definition) is 4. The molecule has 1 saturated carbocycles. The number of benzene rings is 1. The van der Waals surface area contributed by atoms with E-state index in [4.69, 9.17) is 4.74 Å². The Morgan fingerprint density at radius 1 is 1.11 bits per heavy atom. The summed E-state index contributed by atoms with van der Waals surface area (Å²) >= 11 is 0.